The van der Waals surface area contributed by atoms with Crippen LogP contribution in [0.3, 0.4) is 0 Å². The molecule has 1 aromatic carbocycles. The van der Waals surface area contributed by atoms with Crippen molar-refractivity contribution in [2.24, 2.45) is 11.1 Å². The third kappa shape index (κ3) is 5.11. The summed E-state index contributed by atoms with van der Waals surface area (Å²) in [5.74, 6) is -0.693. The van der Waals surface area contributed by atoms with Crippen LogP contribution in [0.5, 0.6) is 5.75 Å². The third-order valence-corrected chi connectivity index (χ3v) is 6.35. The van der Waals surface area contributed by atoms with E-state index < -0.39 is 23.4 Å². The molecule has 1 fully saturated rings. The first kappa shape index (κ1) is 23.4. The number of halogens is 3. The Morgan fingerprint density at radius 1 is 1.16 bits per heavy atom. The highest BCUT2D eigenvalue weighted by atomic mass is 32.2. The maximum Gasteiger partial charge on any atom is 0.573 e. The molecule has 7 nitrogen and oxygen atoms in total. The zero-order valence-electron chi connectivity index (χ0n) is 16.9. The number of nitrogens with two attached hydrogens (primary N) is 1. The number of hydrogen-bond acceptors (Lipinski definition) is 7. The van der Waals surface area contributed by atoms with Gasteiger partial charge in [-0.2, -0.15) is 10.5 Å². The molecule has 4 N–H and O–H groups in total. The van der Waals surface area contributed by atoms with Gasteiger partial charge < -0.3 is 21.1 Å². The zero-order chi connectivity index (χ0) is 23.4. The van der Waals surface area contributed by atoms with Gasteiger partial charge in [-0.05, 0) is 37.1 Å². The molecule has 168 valence electrons. The van der Waals surface area contributed by atoms with Crippen molar-refractivity contribution in [3.63, 3.8) is 0 Å². The van der Waals surface area contributed by atoms with Crippen molar-refractivity contribution in [3.05, 3.63) is 46.3 Å². The molecule has 11 heteroatoms. The Kier molecular flexibility index (Phi) is 6.90. The minimum atomic E-state index is -4.79. The van der Waals surface area contributed by atoms with Crippen LogP contribution >= 0.6 is 11.8 Å². The molecule has 1 amide bonds. The van der Waals surface area contributed by atoms with Gasteiger partial charge in [-0.1, -0.05) is 31.0 Å². The fraction of sp³-hybridized carbons (Fsp3) is 0.381. The molecular formula is C21H20F3N5O2S. The number of rotatable bonds is 5. The quantitative estimate of drug-likeness (QED) is 0.597. The summed E-state index contributed by atoms with van der Waals surface area (Å²) in [4.78, 5) is 12.4. The molecule has 3 rings (SSSR count). The maximum absolute atomic E-state index is 12.4. The molecule has 1 aromatic rings. The molecule has 0 unspecified atom stereocenters. The SMILES string of the molecule is N#CC1=C(N)NC(SCC(=O)Nc2ccc(OC(F)(F)F)cc2)=C(C#N)C12CCCCC2. The smallest absolute Gasteiger partial charge is 0.406 e. The van der Waals surface area contributed by atoms with Crippen LogP contribution in [-0.2, 0) is 4.79 Å². The van der Waals surface area contributed by atoms with Gasteiger partial charge in [0.05, 0.1) is 34.1 Å². The van der Waals surface area contributed by atoms with E-state index in [4.69, 9.17) is 5.73 Å². The number of allylic oxidation sites excluding steroid dienone is 2. The lowest BCUT2D eigenvalue weighted by molar-refractivity contribution is -0.274. The Morgan fingerprint density at radius 3 is 2.34 bits per heavy atom. The lowest BCUT2D eigenvalue weighted by Gasteiger charge is -2.40. The fourth-order valence-corrected chi connectivity index (χ4v) is 4.93. The first-order valence-corrected chi connectivity index (χ1v) is 10.8. The van der Waals surface area contributed by atoms with Gasteiger partial charge in [-0.15, -0.1) is 13.2 Å². The van der Waals surface area contributed by atoms with Crippen molar-refractivity contribution in [2.45, 2.75) is 38.5 Å². The second kappa shape index (κ2) is 9.45. The molecule has 0 saturated heterocycles. The third-order valence-electron chi connectivity index (χ3n) is 5.35. The average Bonchev–Trinajstić information content (AvgIpc) is 2.73. The van der Waals surface area contributed by atoms with E-state index in [9.17, 15) is 28.5 Å². The molecule has 1 spiro atoms. The summed E-state index contributed by atoms with van der Waals surface area (Å²) < 4.78 is 40.5. The number of amides is 1. The number of nitrogens with one attached hydrogen (secondary N) is 2. The molecule has 2 aliphatic rings. The van der Waals surface area contributed by atoms with Crippen LogP contribution < -0.4 is 21.1 Å². The number of dihydropyridines is 1. The minimum absolute atomic E-state index is 0.0699. The molecule has 1 saturated carbocycles. The number of thioether (sulfide) groups is 1. The molecule has 1 heterocycles. The van der Waals surface area contributed by atoms with Crippen molar-refractivity contribution in [1.29, 1.82) is 10.5 Å². The van der Waals surface area contributed by atoms with Crippen molar-refractivity contribution in [1.82, 2.24) is 5.32 Å². The standard InChI is InChI=1S/C21H20F3N5O2S/c22-21(23,24)31-14-6-4-13(5-7-14)28-17(30)12-32-19-16(11-26)20(8-2-1-3-9-20)15(10-25)18(27)29-19/h4-7,29H,1-3,8-9,12,27H2,(H,28,30). The van der Waals surface area contributed by atoms with Crippen molar-refractivity contribution in [2.75, 3.05) is 11.1 Å². The van der Waals surface area contributed by atoms with Crippen LogP contribution in [0.2, 0.25) is 0 Å². The number of alkyl halides is 3. The Balaban J connectivity index is 1.69. The summed E-state index contributed by atoms with van der Waals surface area (Å²) in [6, 6.07) is 9.14. The van der Waals surface area contributed by atoms with Crippen LogP contribution in [0, 0.1) is 28.1 Å². The highest BCUT2D eigenvalue weighted by Gasteiger charge is 2.45. The van der Waals surface area contributed by atoms with Crippen LogP contribution in [0.4, 0.5) is 18.9 Å². The second-order valence-electron chi connectivity index (χ2n) is 7.39. The maximum atomic E-state index is 12.4. The highest BCUT2D eigenvalue weighted by molar-refractivity contribution is 8.03. The van der Waals surface area contributed by atoms with E-state index in [0.29, 0.717) is 34.7 Å². The van der Waals surface area contributed by atoms with E-state index >= 15 is 0 Å². The Bertz CT molecular complexity index is 1030. The summed E-state index contributed by atoms with van der Waals surface area (Å²) in [5.41, 5.74) is 6.43. The van der Waals surface area contributed by atoms with E-state index in [2.05, 4.69) is 27.5 Å². The van der Waals surface area contributed by atoms with Gasteiger partial charge in [-0.25, -0.2) is 0 Å². The molecule has 0 bridgehead atoms. The van der Waals surface area contributed by atoms with E-state index in [1.165, 1.54) is 12.1 Å². The Hall–Kier alpha value is -3.31. The van der Waals surface area contributed by atoms with Gasteiger partial charge in [0.25, 0.3) is 0 Å². The summed E-state index contributed by atoms with van der Waals surface area (Å²) in [6.45, 7) is 0. The number of benzene rings is 1. The lowest BCUT2D eigenvalue weighted by atomic mass is 9.64. The molecular weight excluding hydrogens is 443 g/mol. The number of hydrogen-bond donors (Lipinski definition) is 3. The summed E-state index contributed by atoms with van der Waals surface area (Å²) >= 11 is 1.09. The van der Waals surface area contributed by atoms with Gasteiger partial charge in [0, 0.05) is 11.1 Å². The topological polar surface area (TPSA) is 124 Å². The van der Waals surface area contributed by atoms with Gasteiger partial charge in [0.2, 0.25) is 5.91 Å². The Morgan fingerprint density at radius 2 is 1.78 bits per heavy atom. The fourth-order valence-electron chi connectivity index (χ4n) is 4.01. The van der Waals surface area contributed by atoms with E-state index in [0.717, 1.165) is 43.2 Å². The number of carbonyl (C=O) groups is 1. The zero-order valence-corrected chi connectivity index (χ0v) is 17.7. The molecule has 0 radical (unpaired) electrons. The van der Waals surface area contributed by atoms with Crippen molar-refractivity contribution < 1.29 is 22.7 Å². The second-order valence-corrected chi connectivity index (χ2v) is 8.38. The molecule has 1 aliphatic carbocycles. The number of anilines is 1. The summed E-state index contributed by atoms with van der Waals surface area (Å²) in [7, 11) is 0. The van der Waals surface area contributed by atoms with Gasteiger partial charge in [-0.3, -0.25) is 4.79 Å². The van der Waals surface area contributed by atoms with Crippen molar-refractivity contribution >= 4 is 23.4 Å². The van der Waals surface area contributed by atoms with E-state index in [-0.39, 0.29) is 11.6 Å². The average molecular weight is 463 g/mol. The lowest BCUT2D eigenvalue weighted by Crippen LogP contribution is -2.39. The van der Waals surface area contributed by atoms with Crippen LogP contribution in [0.1, 0.15) is 32.1 Å². The largest absolute Gasteiger partial charge is 0.573 e. The van der Waals surface area contributed by atoms with Crippen LogP contribution in [0.25, 0.3) is 0 Å². The molecule has 0 atom stereocenters. The van der Waals surface area contributed by atoms with Crippen molar-refractivity contribution in [3.8, 4) is 17.9 Å². The summed E-state index contributed by atoms with van der Waals surface area (Å²) in [5, 5.41) is 25.4. The normalized spacial score (nSPS) is 17.9. The minimum Gasteiger partial charge on any atom is -0.406 e. The van der Waals surface area contributed by atoms with E-state index in [1.807, 2.05) is 0 Å². The molecule has 1 aliphatic heterocycles. The van der Waals surface area contributed by atoms with Crippen LogP contribution in [0.15, 0.2) is 46.3 Å². The first-order valence-electron chi connectivity index (χ1n) is 9.79. The number of nitrogens with zero attached hydrogens (tertiary/aromatic N) is 2. The van der Waals surface area contributed by atoms with Crippen LogP contribution in [-0.4, -0.2) is 18.0 Å². The first-order chi connectivity index (χ1) is 15.2. The van der Waals surface area contributed by atoms with Gasteiger partial charge >= 0.3 is 6.36 Å². The number of ether oxygens (including phenoxy) is 1. The van der Waals surface area contributed by atoms with Gasteiger partial charge in [0.15, 0.2) is 0 Å². The highest BCUT2D eigenvalue weighted by Crippen LogP contribution is 2.51. The Labute approximate surface area is 187 Å². The molecule has 32 heavy (non-hydrogen) atoms. The number of nitriles is 2. The van der Waals surface area contributed by atoms with Gasteiger partial charge in [0.1, 0.15) is 11.6 Å². The predicted molar refractivity (Wildman–Crippen MR) is 112 cm³/mol. The predicted octanol–water partition coefficient (Wildman–Crippen LogP) is 4.24. The summed E-state index contributed by atoms with van der Waals surface area (Å²) in [6.07, 6.45) is -0.748. The molecule has 0 aromatic heterocycles. The monoisotopic (exact) mass is 463 g/mol. The van der Waals surface area contributed by atoms with E-state index in [1.54, 1.807) is 0 Å². The number of carbonyl (C=O) groups excluding carboxylic acids is 1.